The van der Waals surface area contributed by atoms with E-state index in [1.807, 2.05) is 19.1 Å². The van der Waals surface area contributed by atoms with Crippen LogP contribution in [0.25, 0.3) is 5.65 Å². The Labute approximate surface area is 68.6 Å². The van der Waals surface area contributed by atoms with Gasteiger partial charge in [0.2, 0.25) is 0 Å². The summed E-state index contributed by atoms with van der Waals surface area (Å²) in [6.45, 7) is 1.86. The summed E-state index contributed by atoms with van der Waals surface area (Å²) >= 11 is 5.88. The molecule has 0 bridgehead atoms. The third-order valence-electron chi connectivity index (χ3n) is 1.50. The summed E-state index contributed by atoms with van der Waals surface area (Å²) in [7, 11) is 0. The lowest BCUT2D eigenvalue weighted by Crippen LogP contribution is -1.88. The zero-order chi connectivity index (χ0) is 7.84. The van der Waals surface area contributed by atoms with Crippen molar-refractivity contribution in [3.63, 3.8) is 0 Å². The van der Waals surface area contributed by atoms with Crippen molar-refractivity contribution < 1.29 is 0 Å². The van der Waals surface area contributed by atoms with Crippen molar-refractivity contribution in [2.45, 2.75) is 6.92 Å². The van der Waals surface area contributed by atoms with Gasteiger partial charge in [-0.2, -0.15) is 5.10 Å². The number of nitrogens with zero attached hydrogens (tertiary/aromatic N) is 3. The van der Waals surface area contributed by atoms with Gasteiger partial charge in [0, 0.05) is 6.20 Å². The van der Waals surface area contributed by atoms with Crippen LogP contribution in [0.5, 0.6) is 0 Å². The van der Waals surface area contributed by atoms with E-state index in [-0.39, 0.29) is 0 Å². The number of halogens is 1. The van der Waals surface area contributed by atoms with Gasteiger partial charge in [0.25, 0.3) is 0 Å². The van der Waals surface area contributed by atoms with Crippen LogP contribution in [0, 0.1) is 6.92 Å². The molecule has 0 aromatic carbocycles. The molecule has 56 valence electrons. The number of aryl methyl sites for hydroxylation is 1. The van der Waals surface area contributed by atoms with Gasteiger partial charge < -0.3 is 0 Å². The van der Waals surface area contributed by atoms with E-state index in [0.717, 1.165) is 11.3 Å². The topological polar surface area (TPSA) is 30.2 Å². The molecule has 0 atom stereocenters. The monoisotopic (exact) mass is 167 g/mol. The average molecular weight is 168 g/mol. The largest absolute Gasteiger partial charge is 0.231 e. The van der Waals surface area contributed by atoms with Crippen molar-refractivity contribution in [1.29, 1.82) is 0 Å². The number of aromatic nitrogens is 3. The summed E-state index contributed by atoms with van der Waals surface area (Å²) in [5.41, 5.74) is 1.60. The summed E-state index contributed by atoms with van der Waals surface area (Å²) in [6, 6.07) is 3.70. The van der Waals surface area contributed by atoms with Crippen LogP contribution in [0.3, 0.4) is 0 Å². The lowest BCUT2D eigenvalue weighted by atomic mass is 10.6. The highest BCUT2D eigenvalue weighted by Gasteiger charge is 2.04. The predicted molar refractivity (Wildman–Crippen MR) is 42.7 cm³/mol. The first-order chi connectivity index (χ1) is 5.29. The summed E-state index contributed by atoms with van der Waals surface area (Å²) in [5, 5.41) is 4.61. The third-order valence-corrected chi connectivity index (χ3v) is 1.93. The zero-order valence-corrected chi connectivity index (χ0v) is 6.71. The minimum atomic E-state index is 0.584. The molecule has 2 aromatic rings. The van der Waals surface area contributed by atoms with E-state index in [9.17, 15) is 0 Å². The quantitative estimate of drug-likeness (QED) is 0.598. The van der Waals surface area contributed by atoms with Crippen LogP contribution in [0.15, 0.2) is 18.3 Å². The van der Waals surface area contributed by atoms with Crippen LogP contribution in [0.2, 0.25) is 5.15 Å². The molecule has 4 heteroatoms. The highest BCUT2D eigenvalue weighted by Crippen LogP contribution is 2.14. The van der Waals surface area contributed by atoms with E-state index in [1.165, 1.54) is 0 Å². The fourth-order valence-electron chi connectivity index (χ4n) is 0.971. The standard InChI is InChI=1S/C7H6ClN3/c1-5-7(8)11-6(10-5)3-2-4-9-11/h2-4H,1H3. The molecule has 0 radical (unpaired) electrons. The van der Waals surface area contributed by atoms with E-state index in [4.69, 9.17) is 11.6 Å². The molecular weight excluding hydrogens is 162 g/mol. The number of rotatable bonds is 0. The average Bonchev–Trinajstić information content (AvgIpc) is 2.30. The van der Waals surface area contributed by atoms with Crippen molar-refractivity contribution in [3.8, 4) is 0 Å². The Kier molecular flexibility index (Phi) is 1.32. The van der Waals surface area contributed by atoms with Crippen molar-refractivity contribution in [1.82, 2.24) is 14.6 Å². The molecule has 11 heavy (non-hydrogen) atoms. The summed E-state index contributed by atoms with van der Waals surface area (Å²) in [4.78, 5) is 4.18. The van der Waals surface area contributed by atoms with Crippen LogP contribution in [0.1, 0.15) is 5.69 Å². The van der Waals surface area contributed by atoms with Gasteiger partial charge in [-0.05, 0) is 19.1 Å². The van der Waals surface area contributed by atoms with E-state index in [0.29, 0.717) is 5.15 Å². The molecular formula is C7H6ClN3. The van der Waals surface area contributed by atoms with Gasteiger partial charge >= 0.3 is 0 Å². The van der Waals surface area contributed by atoms with Gasteiger partial charge in [0.05, 0.1) is 5.69 Å². The Bertz CT molecular complexity index is 393. The Balaban J connectivity index is 2.92. The van der Waals surface area contributed by atoms with Gasteiger partial charge in [-0.3, -0.25) is 0 Å². The number of imidazole rings is 1. The van der Waals surface area contributed by atoms with E-state index < -0.39 is 0 Å². The number of hydrogen-bond acceptors (Lipinski definition) is 2. The van der Waals surface area contributed by atoms with E-state index in [1.54, 1.807) is 10.7 Å². The second-order valence-corrected chi connectivity index (χ2v) is 2.64. The highest BCUT2D eigenvalue weighted by atomic mass is 35.5. The molecule has 0 saturated heterocycles. The number of hydrogen-bond donors (Lipinski definition) is 0. The molecule has 2 aromatic heterocycles. The van der Waals surface area contributed by atoms with Gasteiger partial charge in [-0.15, -0.1) is 0 Å². The fraction of sp³-hybridized carbons (Fsp3) is 0.143. The van der Waals surface area contributed by atoms with Crippen LogP contribution < -0.4 is 0 Å². The molecule has 0 aliphatic heterocycles. The maximum atomic E-state index is 5.88. The predicted octanol–water partition coefficient (Wildman–Crippen LogP) is 1.69. The van der Waals surface area contributed by atoms with Crippen molar-refractivity contribution in [2.24, 2.45) is 0 Å². The van der Waals surface area contributed by atoms with Gasteiger partial charge in [0.15, 0.2) is 10.8 Å². The molecule has 3 nitrogen and oxygen atoms in total. The van der Waals surface area contributed by atoms with Crippen LogP contribution in [-0.4, -0.2) is 14.6 Å². The van der Waals surface area contributed by atoms with Gasteiger partial charge in [0.1, 0.15) is 0 Å². The zero-order valence-electron chi connectivity index (χ0n) is 5.95. The van der Waals surface area contributed by atoms with Crippen molar-refractivity contribution in [2.75, 3.05) is 0 Å². The smallest absolute Gasteiger partial charge is 0.155 e. The Morgan fingerprint density at radius 1 is 1.55 bits per heavy atom. The SMILES string of the molecule is Cc1nc2cccnn2c1Cl. The minimum Gasteiger partial charge on any atom is -0.231 e. The molecule has 0 unspecified atom stereocenters. The molecule has 0 saturated carbocycles. The Hall–Kier alpha value is -1.09. The maximum absolute atomic E-state index is 5.88. The minimum absolute atomic E-state index is 0.584. The summed E-state index contributed by atoms with van der Waals surface area (Å²) in [6.07, 6.45) is 1.68. The highest BCUT2D eigenvalue weighted by molar-refractivity contribution is 6.30. The molecule has 0 aliphatic carbocycles. The Morgan fingerprint density at radius 3 is 3.09 bits per heavy atom. The molecule has 0 aliphatic rings. The van der Waals surface area contributed by atoms with Crippen LogP contribution >= 0.6 is 11.6 Å². The summed E-state index contributed by atoms with van der Waals surface area (Å²) in [5.74, 6) is 0. The molecule has 0 amide bonds. The fourth-order valence-corrected chi connectivity index (χ4v) is 1.14. The molecule has 0 spiro atoms. The van der Waals surface area contributed by atoms with Crippen LogP contribution in [-0.2, 0) is 0 Å². The maximum Gasteiger partial charge on any atom is 0.155 e. The normalized spacial score (nSPS) is 10.7. The first-order valence-electron chi connectivity index (χ1n) is 3.25. The van der Waals surface area contributed by atoms with Crippen molar-refractivity contribution >= 4 is 17.2 Å². The van der Waals surface area contributed by atoms with Gasteiger partial charge in [-0.25, -0.2) is 9.50 Å². The molecule has 2 rings (SSSR count). The molecule has 2 heterocycles. The van der Waals surface area contributed by atoms with E-state index >= 15 is 0 Å². The van der Waals surface area contributed by atoms with Crippen molar-refractivity contribution in [3.05, 3.63) is 29.2 Å². The van der Waals surface area contributed by atoms with Crippen LogP contribution in [0.4, 0.5) is 0 Å². The first-order valence-corrected chi connectivity index (χ1v) is 3.62. The second kappa shape index (κ2) is 2.20. The van der Waals surface area contributed by atoms with Gasteiger partial charge in [-0.1, -0.05) is 11.6 Å². The first kappa shape index (κ1) is 6.61. The molecule has 0 fully saturated rings. The third kappa shape index (κ3) is 0.886. The number of fused-ring (bicyclic) bond motifs is 1. The summed E-state index contributed by atoms with van der Waals surface area (Å²) < 4.78 is 1.61. The lowest BCUT2D eigenvalue weighted by molar-refractivity contribution is 0.935. The second-order valence-electron chi connectivity index (χ2n) is 2.28. The van der Waals surface area contributed by atoms with E-state index in [2.05, 4.69) is 10.1 Å². The Morgan fingerprint density at radius 2 is 2.36 bits per heavy atom. The molecule has 0 N–H and O–H groups in total. The lowest BCUT2D eigenvalue weighted by Gasteiger charge is -1.89.